The van der Waals surface area contributed by atoms with E-state index >= 15 is 0 Å². The van der Waals surface area contributed by atoms with Crippen LogP contribution in [-0.2, 0) is 9.47 Å². The first-order valence-electron chi connectivity index (χ1n) is 5.65. The van der Waals surface area contributed by atoms with Crippen LogP contribution in [0.4, 0.5) is 0 Å². The van der Waals surface area contributed by atoms with Gasteiger partial charge in [0.05, 0.1) is 24.7 Å². The normalized spacial score (nSPS) is 50.1. The van der Waals surface area contributed by atoms with E-state index in [2.05, 4.69) is 6.92 Å². The van der Waals surface area contributed by atoms with Crippen LogP contribution in [0, 0.1) is 11.3 Å². The van der Waals surface area contributed by atoms with E-state index in [1.54, 1.807) is 0 Å². The van der Waals surface area contributed by atoms with Crippen LogP contribution in [0.3, 0.4) is 0 Å². The fourth-order valence-corrected chi connectivity index (χ4v) is 3.78. The lowest BCUT2D eigenvalue weighted by atomic mass is 9.77. The minimum Gasteiger partial charge on any atom is -0.392 e. The number of fused-ring (bicyclic) bond motifs is 2. The Balaban J connectivity index is 2.00. The third kappa shape index (κ3) is 0.841. The average molecular weight is 198 g/mol. The minimum atomic E-state index is -0.451. The Morgan fingerprint density at radius 3 is 2.57 bits per heavy atom. The molecule has 3 fully saturated rings. The maximum atomic E-state index is 10.1. The molecule has 1 heterocycles. The van der Waals surface area contributed by atoms with E-state index in [0.717, 1.165) is 25.7 Å². The van der Waals surface area contributed by atoms with Crippen molar-refractivity contribution in [3.8, 4) is 0 Å². The monoisotopic (exact) mass is 198 g/mol. The molecule has 0 radical (unpaired) electrons. The van der Waals surface area contributed by atoms with Crippen molar-refractivity contribution in [2.75, 3.05) is 13.2 Å². The number of aliphatic hydroxyl groups excluding tert-OH is 1. The van der Waals surface area contributed by atoms with Gasteiger partial charge in [-0.15, -0.1) is 0 Å². The summed E-state index contributed by atoms with van der Waals surface area (Å²) in [5.74, 6) is 0.142. The Hall–Kier alpha value is -0.120. The molecule has 3 aliphatic rings. The van der Waals surface area contributed by atoms with Crippen LogP contribution in [0.25, 0.3) is 0 Å². The zero-order valence-corrected chi connectivity index (χ0v) is 8.66. The highest BCUT2D eigenvalue weighted by Gasteiger charge is 2.66. The van der Waals surface area contributed by atoms with Crippen LogP contribution in [0.5, 0.6) is 0 Å². The summed E-state index contributed by atoms with van der Waals surface area (Å²) in [6.45, 7) is 3.53. The standard InChI is InChI=1S/C11H18O3/c1-10-8(2-3-9(10)12)4-5-11(10)13-6-7-14-11/h8-9,12H,2-7H2,1H3. The van der Waals surface area contributed by atoms with E-state index in [0.29, 0.717) is 19.1 Å². The summed E-state index contributed by atoms with van der Waals surface area (Å²) in [6, 6.07) is 0. The van der Waals surface area contributed by atoms with Crippen LogP contribution >= 0.6 is 0 Å². The van der Waals surface area contributed by atoms with Gasteiger partial charge in [0.15, 0.2) is 5.79 Å². The zero-order valence-electron chi connectivity index (χ0n) is 8.66. The van der Waals surface area contributed by atoms with Crippen LogP contribution in [0.2, 0.25) is 0 Å². The molecule has 0 aromatic rings. The molecule has 3 nitrogen and oxygen atoms in total. The Morgan fingerprint density at radius 1 is 1.14 bits per heavy atom. The molecule has 1 spiro atoms. The number of rotatable bonds is 0. The lowest BCUT2D eigenvalue weighted by Crippen LogP contribution is -2.50. The minimum absolute atomic E-state index is 0.149. The van der Waals surface area contributed by atoms with Gasteiger partial charge in [-0.2, -0.15) is 0 Å². The van der Waals surface area contributed by atoms with Gasteiger partial charge in [0.1, 0.15) is 0 Å². The van der Waals surface area contributed by atoms with Gasteiger partial charge in [0.2, 0.25) is 0 Å². The predicted octanol–water partition coefficient (Wildman–Crippen LogP) is 1.30. The molecular formula is C11H18O3. The predicted molar refractivity (Wildman–Crippen MR) is 50.7 cm³/mol. The maximum Gasteiger partial charge on any atom is 0.176 e. The second-order valence-corrected chi connectivity index (χ2v) is 5.06. The SMILES string of the molecule is CC12C(O)CCC1CCC21OCCO1. The van der Waals surface area contributed by atoms with Crippen molar-refractivity contribution >= 4 is 0 Å². The van der Waals surface area contributed by atoms with E-state index in [-0.39, 0.29) is 11.5 Å². The number of ether oxygens (including phenoxy) is 2. The van der Waals surface area contributed by atoms with Gasteiger partial charge in [0, 0.05) is 6.42 Å². The molecule has 2 aliphatic carbocycles. The van der Waals surface area contributed by atoms with Crippen LogP contribution in [-0.4, -0.2) is 30.2 Å². The van der Waals surface area contributed by atoms with E-state index in [1.807, 2.05) is 0 Å². The molecule has 0 aromatic carbocycles. The fourth-order valence-electron chi connectivity index (χ4n) is 3.78. The van der Waals surface area contributed by atoms with Crippen molar-refractivity contribution in [3.05, 3.63) is 0 Å². The van der Waals surface area contributed by atoms with E-state index < -0.39 is 5.79 Å². The zero-order chi connectivity index (χ0) is 9.81. The van der Waals surface area contributed by atoms with Crippen molar-refractivity contribution in [1.82, 2.24) is 0 Å². The maximum absolute atomic E-state index is 10.1. The number of aliphatic hydroxyl groups is 1. The third-order valence-corrected chi connectivity index (χ3v) is 4.73. The van der Waals surface area contributed by atoms with Crippen LogP contribution in [0.15, 0.2) is 0 Å². The molecule has 1 saturated heterocycles. The van der Waals surface area contributed by atoms with Gasteiger partial charge in [-0.3, -0.25) is 0 Å². The molecule has 3 atom stereocenters. The van der Waals surface area contributed by atoms with Crippen molar-refractivity contribution in [3.63, 3.8) is 0 Å². The van der Waals surface area contributed by atoms with Gasteiger partial charge >= 0.3 is 0 Å². The molecule has 0 amide bonds. The van der Waals surface area contributed by atoms with Crippen LogP contribution < -0.4 is 0 Å². The lowest BCUT2D eigenvalue weighted by Gasteiger charge is -2.41. The molecular weight excluding hydrogens is 180 g/mol. The Morgan fingerprint density at radius 2 is 1.86 bits per heavy atom. The summed E-state index contributed by atoms with van der Waals surface area (Å²) in [6.07, 6.45) is 3.91. The average Bonchev–Trinajstić information content (AvgIpc) is 2.80. The highest BCUT2D eigenvalue weighted by Crippen LogP contribution is 2.61. The molecule has 3 unspecified atom stereocenters. The Kier molecular flexibility index (Phi) is 1.77. The van der Waals surface area contributed by atoms with Gasteiger partial charge in [-0.05, 0) is 25.2 Å². The molecule has 2 saturated carbocycles. The third-order valence-electron chi connectivity index (χ3n) is 4.73. The summed E-state index contributed by atoms with van der Waals surface area (Å²) in [4.78, 5) is 0. The van der Waals surface area contributed by atoms with Crippen LogP contribution in [0.1, 0.15) is 32.6 Å². The van der Waals surface area contributed by atoms with Crippen molar-refractivity contribution < 1.29 is 14.6 Å². The molecule has 80 valence electrons. The first kappa shape index (κ1) is 9.13. The summed E-state index contributed by atoms with van der Waals surface area (Å²) in [7, 11) is 0. The Bertz CT molecular complexity index is 247. The van der Waals surface area contributed by atoms with E-state index in [9.17, 15) is 5.11 Å². The van der Waals surface area contributed by atoms with Crippen molar-refractivity contribution in [1.29, 1.82) is 0 Å². The molecule has 3 heteroatoms. The molecule has 0 aromatic heterocycles. The highest BCUT2D eigenvalue weighted by atomic mass is 16.7. The molecule has 3 rings (SSSR count). The number of hydrogen-bond acceptors (Lipinski definition) is 3. The highest BCUT2D eigenvalue weighted by molar-refractivity contribution is 5.10. The summed E-state index contributed by atoms with van der Waals surface area (Å²) in [5, 5.41) is 10.1. The molecule has 1 N–H and O–H groups in total. The largest absolute Gasteiger partial charge is 0.392 e. The summed E-state index contributed by atoms with van der Waals surface area (Å²) < 4.78 is 11.6. The van der Waals surface area contributed by atoms with E-state index in [1.165, 1.54) is 0 Å². The van der Waals surface area contributed by atoms with Gasteiger partial charge < -0.3 is 14.6 Å². The smallest absolute Gasteiger partial charge is 0.176 e. The molecule has 14 heavy (non-hydrogen) atoms. The topological polar surface area (TPSA) is 38.7 Å². The molecule has 1 aliphatic heterocycles. The van der Waals surface area contributed by atoms with Gasteiger partial charge in [-0.1, -0.05) is 6.92 Å². The Labute approximate surface area is 84.4 Å². The first-order valence-corrected chi connectivity index (χ1v) is 5.65. The second-order valence-electron chi connectivity index (χ2n) is 5.06. The summed E-state index contributed by atoms with van der Waals surface area (Å²) in [5.41, 5.74) is -0.149. The fraction of sp³-hybridized carbons (Fsp3) is 1.00. The van der Waals surface area contributed by atoms with Crippen molar-refractivity contribution in [2.24, 2.45) is 11.3 Å². The summed E-state index contributed by atoms with van der Waals surface area (Å²) >= 11 is 0. The van der Waals surface area contributed by atoms with Gasteiger partial charge in [0.25, 0.3) is 0 Å². The molecule has 0 bridgehead atoms. The quantitative estimate of drug-likeness (QED) is 0.637. The first-order chi connectivity index (χ1) is 6.69. The lowest BCUT2D eigenvalue weighted by molar-refractivity contribution is -0.242. The number of hydrogen-bond donors (Lipinski definition) is 1. The van der Waals surface area contributed by atoms with Crippen molar-refractivity contribution in [2.45, 2.75) is 44.5 Å². The van der Waals surface area contributed by atoms with E-state index in [4.69, 9.17) is 9.47 Å². The van der Waals surface area contributed by atoms with Gasteiger partial charge in [-0.25, -0.2) is 0 Å². The second kappa shape index (κ2) is 2.71.